The number of non-ortho nitro benzene ring substituents is 1. The van der Waals surface area contributed by atoms with E-state index in [1.54, 1.807) is 0 Å². The summed E-state index contributed by atoms with van der Waals surface area (Å²) in [6.07, 6.45) is 0.792. The van der Waals surface area contributed by atoms with Crippen LogP contribution in [0, 0.1) is 33.8 Å². The van der Waals surface area contributed by atoms with Gasteiger partial charge in [0.15, 0.2) is 12.4 Å². The molecule has 1 aromatic carbocycles. The highest BCUT2D eigenvalue weighted by Gasteiger charge is 2.66. The van der Waals surface area contributed by atoms with Gasteiger partial charge in [0.05, 0.1) is 16.8 Å². The fraction of sp³-hybridized carbons (Fsp3) is 0.474. The molecule has 3 fully saturated rings. The third-order valence-electron chi connectivity index (χ3n) is 6.13. The standard InChI is InChI=1S/C19H16Br2N2O7/c20-16-10-5-11(17(16)21)15-14(10)18(26)22(19(15)27)6-13(25)30-7-12(24)8-1-3-9(4-2-8)23(28)29/h1-4,10-11,14-17H,5-7H2/t10-,11+,14-,15-,16+,17-/m0/s1. The van der Waals surface area contributed by atoms with Crippen LogP contribution in [0.4, 0.5) is 5.69 Å². The number of amides is 2. The third kappa shape index (κ3) is 3.37. The average Bonchev–Trinajstić information content (AvgIpc) is 3.33. The second-order valence-corrected chi connectivity index (χ2v) is 9.77. The molecule has 2 amide bonds. The molecule has 0 aromatic heterocycles. The number of hydrogen-bond donors (Lipinski definition) is 0. The van der Waals surface area contributed by atoms with E-state index in [1.807, 2.05) is 0 Å². The van der Waals surface area contributed by atoms with Crippen LogP contribution in [0.15, 0.2) is 24.3 Å². The summed E-state index contributed by atoms with van der Waals surface area (Å²) in [4.78, 5) is 61.0. The summed E-state index contributed by atoms with van der Waals surface area (Å²) in [6.45, 7) is -1.12. The van der Waals surface area contributed by atoms with E-state index in [2.05, 4.69) is 31.9 Å². The lowest BCUT2D eigenvalue weighted by atomic mass is 9.81. The quantitative estimate of drug-likeness (QED) is 0.134. The minimum atomic E-state index is -0.856. The first-order valence-electron chi connectivity index (χ1n) is 9.27. The van der Waals surface area contributed by atoms with Crippen molar-refractivity contribution in [2.24, 2.45) is 23.7 Å². The zero-order valence-corrected chi connectivity index (χ0v) is 18.6. The Bertz CT molecular complexity index is 919. The van der Waals surface area contributed by atoms with E-state index in [0.717, 1.165) is 11.3 Å². The number of ether oxygens (including phenoxy) is 1. The molecule has 3 aliphatic rings. The molecule has 0 radical (unpaired) electrons. The topological polar surface area (TPSA) is 124 Å². The number of carbonyl (C=O) groups excluding carboxylic acids is 4. The van der Waals surface area contributed by atoms with Gasteiger partial charge in [-0.05, 0) is 30.4 Å². The Labute approximate surface area is 187 Å². The van der Waals surface area contributed by atoms with Crippen molar-refractivity contribution < 1.29 is 28.8 Å². The number of carbonyl (C=O) groups is 4. The minimum absolute atomic E-state index is 0.0468. The van der Waals surface area contributed by atoms with Crippen molar-refractivity contribution in [3.8, 4) is 0 Å². The number of alkyl halides is 2. The summed E-state index contributed by atoms with van der Waals surface area (Å²) >= 11 is 7.19. The second kappa shape index (κ2) is 7.84. The van der Waals surface area contributed by atoms with E-state index < -0.39 is 41.7 Å². The van der Waals surface area contributed by atoms with Crippen LogP contribution in [-0.2, 0) is 19.1 Å². The van der Waals surface area contributed by atoms with Crippen molar-refractivity contribution in [3.63, 3.8) is 0 Å². The number of benzene rings is 1. The van der Waals surface area contributed by atoms with E-state index in [4.69, 9.17) is 4.74 Å². The molecule has 30 heavy (non-hydrogen) atoms. The molecule has 158 valence electrons. The summed E-state index contributed by atoms with van der Waals surface area (Å²) in [5, 5.41) is 10.7. The number of nitro benzene ring substituents is 1. The number of halogens is 2. The van der Waals surface area contributed by atoms with Gasteiger partial charge in [0, 0.05) is 27.4 Å². The molecular weight excluding hydrogens is 528 g/mol. The van der Waals surface area contributed by atoms with Crippen molar-refractivity contribution in [3.05, 3.63) is 39.9 Å². The lowest BCUT2D eigenvalue weighted by molar-refractivity contribution is -0.384. The van der Waals surface area contributed by atoms with Gasteiger partial charge in [-0.25, -0.2) is 0 Å². The number of hydrogen-bond acceptors (Lipinski definition) is 7. The highest BCUT2D eigenvalue weighted by atomic mass is 79.9. The van der Waals surface area contributed by atoms with Crippen LogP contribution >= 0.6 is 31.9 Å². The number of fused-ring (bicyclic) bond motifs is 5. The van der Waals surface area contributed by atoms with Crippen molar-refractivity contribution in [2.75, 3.05) is 13.2 Å². The highest BCUT2D eigenvalue weighted by Crippen LogP contribution is 2.60. The van der Waals surface area contributed by atoms with Crippen LogP contribution < -0.4 is 0 Å². The maximum atomic E-state index is 12.8. The minimum Gasteiger partial charge on any atom is -0.456 e. The maximum absolute atomic E-state index is 12.8. The average molecular weight is 544 g/mol. The highest BCUT2D eigenvalue weighted by molar-refractivity contribution is 9.12. The molecule has 0 spiro atoms. The summed E-state index contributed by atoms with van der Waals surface area (Å²) < 4.78 is 4.94. The first-order chi connectivity index (χ1) is 14.2. The summed E-state index contributed by atoms with van der Waals surface area (Å²) in [5.74, 6) is -2.87. The first-order valence-corrected chi connectivity index (χ1v) is 11.1. The molecule has 0 N–H and O–H groups in total. The monoisotopic (exact) mass is 542 g/mol. The summed E-state index contributed by atoms with van der Waals surface area (Å²) in [6, 6.07) is 4.90. The van der Waals surface area contributed by atoms with Crippen LogP contribution in [0.2, 0.25) is 0 Å². The van der Waals surface area contributed by atoms with Gasteiger partial charge in [-0.1, -0.05) is 31.9 Å². The molecule has 4 rings (SSSR count). The molecule has 9 nitrogen and oxygen atoms in total. The molecule has 1 aromatic rings. The normalized spacial score (nSPS) is 31.7. The van der Waals surface area contributed by atoms with E-state index in [0.29, 0.717) is 0 Å². The lowest BCUT2D eigenvalue weighted by Crippen LogP contribution is -2.38. The van der Waals surface area contributed by atoms with Crippen LogP contribution in [0.1, 0.15) is 16.8 Å². The Morgan fingerprint density at radius 2 is 1.60 bits per heavy atom. The molecule has 1 aliphatic heterocycles. The number of imide groups is 1. The van der Waals surface area contributed by atoms with Crippen LogP contribution in [0.3, 0.4) is 0 Å². The SMILES string of the molecule is O=C(CN1C(=O)[C@H]2[C@@H]3C[C@@H]([C@H](Br)[C@@H]3Br)[C@@H]2C1=O)OCC(=O)c1ccc([N+](=O)[O-])cc1. The van der Waals surface area contributed by atoms with Crippen molar-refractivity contribution in [1.29, 1.82) is 0 Å². The molecular formula is C19H16Br2N2O7. The number of esters is 1. The fourth-order valence-electron chi connectivity index (χ4n) is 4.74. The zero-order chi connectivity index (χ0) is 21.7. The van der Waals surface area contributed by atoms with Crippen LogP contribution in [0.5, 0.6) is 0 Å². The number of rotatable bonds is 6. The Kier molecular flexibility index (Phi) is 5.52. The number of nitro groups is 1. The third-order valence-corrected chi connectivity index (χ3v) is 9.34. The van der Waals surface area contributed by atoms with Crippen molar-refractivity contribution >= 4 is 61.1 Å². The van der Waals surface area contributed by atoms with Crippen LogP contribution in [0.25, 0.3) is 0 Å². The second-order valence-electron chi connectivity index (χ2n) is 7.65. The Balaban J connectivity index is 1.34. The summed E-state index contributed by atoms with van der Waals surface area (Å²) in [7, 11) is 0. The smallest absolute Gasteiger partial charge is 0.326 e. The van der Waals surface area contributed by atoms with Crippen molar-refractivity contribution in [1.82, 2.24) is 4.90 Å². The van der Waals surface area contributed by atoms with Gasteiger partial charge in [0.25, 0.3) is 5.69 Å². The maximum Gasteiger partial charge on any atom is 0.326 e. The van der Waals surface area contributed by atoms with Gasteiger partial charge in [-0.3, -0.25) is 34.2 Å². The number of Topliss-reactive ketones (excluding diaryl/α,β-unsaturated/α-hetero) is 1. The van der Waals surface area contributed by atoms with Gasteiger partial charge < -0.3 is 4.74 Å². The van der Waals surface area contributed by atoms with Gasteiger partial charge in [0.1, 0.15) is 6.54 Å². The fourth-order valence-corrected chi connectivity index (χ4v) is 6.61. The predicted molar refractivity (Wildman–Crippen MR) is 109 cm³/mol. The zero-order valence-electron chi connectivity index (χ0n) is 15.4. The first kappa shape index (κ1) is 21.1. The molecule has 0 unspecified atom stereocenters. The van der Waals surface area contributed by atoms with Gasteiger partial charge in [-0.15, -0.1) is 0 Å². The summed E-state index contributed by atoms with van der Waals surface area (Å²) in [5.41, 5.74) is -0.00915. The Morgan fingerprint density at radius 1 is 1.07 bits per heavy atom. The molecule has 11 heteroatoms. The molecule has 1 heterocycles. The van der Waals surface area contributed by atoms with Gasteiger partial charge in [-0.2, -0.15) is 0 Å². The van der Waals surface area contributed by atoms with Gasteiger partial charge in [0.2, 0.25) is 11.8 Å². The van der Waals surface area contributed by atoms with Crippen LogP contribution in [-0.4, -0.2) is 56.2 Å². The van der Waals surface area contributed by atoms with E-state index in [9.17, 15) is 29.3 Å². The number of nitrogens with zero attached hydrogens (tertiary/aromatic N) is 2. The molecule has 2 aliphatic carbocycles. The van der Waals surface area contributed by atoms with E-state index >= 15 is 0 Å². The predicted octanol–water partition coefficient (Wildman–Crippen LogP) is 2.10. The number of ketones is 1. The molecule has 6 atom stereocenters. The van der Waals surface area contributed by atoms with Crippen molar-refractivity contribution in [2.45, 2.75) is 16.1 Å². The van der Waals surface area contributed by atoms with E-state index in [-0.39, 0.29) is 44.6 Å². The molecule has 2 bridgehead atoms. The van der Waals surface area contributed by atoms with Gasteiger partial charge >= 0.3 is 5.97 Å². The Hall–Kier alpha value is -2.14. The number of likely N-dealkylation sites (tertiary alicyclic amines) is 1. The lowest BCUT2D eigenvalue weighted by Gasteiger charge is -2.28. The molecule has 1 saturated heterocycles. The van der Waals surface area contributed by atoms with E-state index in [1.165, 1.54) is 24.3 Å². The largest absolute Gasteiger partial charge is 0.456 e. The molecule has 2 saturated carbocycles. The Morgan fingerprint density at radius 3 is 2.10 bits per heavy atom.